The number of benzene rings is 1. The van der Waals surface area contributed by atoms with Gasteiger partial charge >= 0.3 is 5.97 Å². The molecule has 0 saturated heterocycles. The lowest BCUT2D eigenvalue weighted by atomic mass is 9.85. The molecule has 40 heavy (non-hydrogen) atoms. The number of nitrogens with one attached hydrogen (secondary N) is 1. The Labute approximate surface area is 244 Å². The number of carbonyl (C=O) groups is 1. The number of ether oxygens (including phenoxy) is 1. The minimum Gasteiger partial charge on any atom is -0.465 e. The Morgan fingerprint density at radius 3 is 2.20 bits per heavy atom. The SMILES string of the molecule is CCCCCCCC/C=C/CCCCCCCC(=O)OC[C@@H](c1c[nH]c2cc(CC=C(C)C)ccc12)C(C)(C)O. The summed E-state index contributed by atoms with van der Waals surface area (Å²) in [6, 6.07) is 6.42. The maximum Gasteiger partial charge on any atom is 0.305 e. The molecule has 4 heteroatoms. The molecular formula is C36H57NO3. The highest BCUT2D eigenvalue weighted by Crippen LogP contribution is 2.34. The zero-order valence-electron chi connectivity index (χ0n) is 26.2. The van der Waals surface area contributed by atoms with Gasteiger partial charge in [0, 0.05) is 29.4 Å². The average Bonchev–Trinajstić information content (AvgIpc) is 3.31. The van der Waals surface area contributed by atoms with Crippen molar-refractivity contribution < 1.29 is 14.6 Å². The molecule has 1 aromatic carbocycles. The zero-order valence-corrected chi connectivity index (χ0v) is 26.2. The van der Waals surface area contributed by atoms with Gasteiger partial charge in [0.25, 0.3) is 0 Å². The third kappa shape index (κ3) is 13.4. The van der Waals surface area contributed by atoms with Gasteiger partial charge in [-0.15, -0.1) is 0 Å². The lowest BCUT2D eigenvalue weighted by molar-refractivity contribution is -0.145. The molecule has 0 aliphatic carbocycles. The monoisotopic (exact) mass is 551 g/mol. The Balaban J connectivity index is 1.66. The van der Waals surface area contributed by atoms with Gasteiger partial charge < -0.3 is 14.8 Å². The molecule has 0 spiro atoms. The highest BCUT2D eigenvalue weighted by molar-refractivity contribution is 5.84. The lowest BCUT2D eigenvalue weighted by Crippen LogP contribution is -2.33. The third-order valence-electron chi connectivity index (χ3n) is 7.81. The molecule has 0 bridgehead atoms. The van der Waals surface area contributed by atoms with Gasteiger partial charge in [-0.05, 0) is 83.4 Å². The minimum absolute atomic E-state index is 0.171. The van der Waals surface area contributed by atoms with E-state index in [-0.39, 0.29) is 18.5 Å². The predicted octanol–water partition coefficient (Wildman–Crippen LogP) is 10.1. The van der Waals surface area contributed by atoms with E-state index in [4.69, 9.17) is 4.74 Å². The van der Waals surface area contributed by atoms with Gasteiger partial charge in [-0.2, -0.15) is 0 Å². The second-order valence-electron chi connectivity index (χ2n) is 12.3. The summed E-state index contributed by atoms with van der Waals surface area (Å²) >= 11 is 0. The summed E-state index contributed by atoms with van der Waals surface area (Å²) in [6.07, 6.45) is 26.3. The van der Waals surface area contributed by atoms with Crippen LogP contribution in [0.25, 0.3) is 10.9 Å². The molecule has 1 atom stereocenters. The van der Waals surface area contributed by atoms with Crippen LogP contribution in [0.2, 0.25) is 0 Å². The van der Waals surface area contributed by atoms with Crippen LogP contribution in [0.3, 0.4) is 0 Å². The van der Waals surface area contributed by atoms with Crippen LogP contribution in [0.1, 0.15) is 142 Å². The number of allylic oxidation sites excluding steroid dienone is 4. The summed E-state index contributed by atoms with van der Waals surface area (Å²) in [5, 5.41) is 12.0. The Kier molecular flexibility index (Phi) is 16.0. The van der Waals surface area contributed by atoms with Crippen LogP contribution in [0.15, 0.2) is 48.2 Å². The summed E-state index contributed by atoms with van der Waals surface area (Å²) in [5.74, 6) is -0.473. The van der Waals surface area contributed by atoms with Crippen LogP contribution in [0, 0.1) is 0 Å². The van der Waals surface area contributed by atoms with E-state index >= 15 is 0 Å². The number of hydrogen-bond acceptors (Lipinski definition) is 3. The van der Waals surface area contributed by atoms with Gasteiger partial charge in [-0.1, -0.05) is 94.2 Å². The largest absolute Gasteiger partial charge is 0.465 e. The number of carbonyl (C=O) groups excluding carboxylic acids is 1. The summed E-state index contributed by atoms with van der Waals surface area (Å²) in [5.41, 5.74) is 3.57. The molecule has 2 N–H and O–H groups in total. The van der Waals surface area contributed by atoms with Crippen molar-refractivity contribution in [1.29, 1.82) is 0 Å². The molecule has 2 rings (SSSR count). The van der Waals surface area contributed by atoms with Gasteiger partial charge in [-0.25, -0.2) is 0 Å². The predicted molar refractivity (Wildman–Crippen MR) is 171 cm³/mol. The fourth-order valence-electron chi connectivity index (χ4n) is 5.20. The average molecular weight is 552 g/mol. The second kappa shape index (κ2) is 18.9. The van der Waals surface area contributed by atoms with Crippen LogP contribution in [0.4, 0.5) is 0 Å². The van der Waals surface area contributed by atoms with Crippen LogP contribution in [-0.2, 0) is 16.0 Å². The maximum absolute atomic E-state index is 12.5. The van der Waals surface area contributed by atoms with Gasteiger partial charge in [0.05, 0.1) is 5.60 Å². The van der Waals surface area contributed by atoms with E-state index in [2.05, 4.69) is 62.2 Å². The first-order chi connectivity index (χ1) is 19.2. The molecule has 0 amide bonds. The Hall–Kier alpha value is -2.33. The number of aromatic amines is 1. The van der Waals surface area contributed by atoms with E-state index < -0.39 is 5.60 Å². The number of esters is 1. The molecule has 0 aliphatic rings. The van der Waals surface area contributed by atoms with E-state index in [0.29, 0.717) is 6.42 Å². The zero-order chi connectivity index (χ0) is 29.2. The van der Waals surface area contributed by atoms with E-state index in [9.17, 15) is 9.90 Å². The summed E-state index contributed by atoms with van der Waals surface area (Å²) in [7, 11) is 0. The van der Waals surface area contributed by atoms with E-state index in [0.717, 1.165) is 42.1 Å². The van der Waals surface area contributed by atoms with E-state index in [1.807, 2.05) is 6.20 Å². The highest BCUT2D eigenvalue weighted by atomic mass is 16.5. The maximum atomic E-state index is 12.5. The number of fused-ring (bicyclic) bond motifs is 1. The molecule has 2 aromatic rings. The summed E-state index contributed by atoms with van der Waals surface area (Å²) < 4.78 is 5.68. The van der Waals surface area contributed by atoms with Crippen molar-refractivity contribution in [2.75, 3.05) is 6.61 Å². The number of rotatable bonds is 21. The first-order valence-electron chi connectivity index (χ1n) is 16.0. The van der Waals surface area contributed by atoms with Gasteiger partial charge in [0.15, 0.2) is 0 Å². The molecule has 4 nitrogen and oxygen atoms in total. The Morgan fingerprint density at radius 2 is 1.57 bits per heavy atom. The van der Waals surface area contributed by atoms with Crippen LogP contribution in [-0.4, -0.2) is 28.3 Å². The summed E-state index contributed by atoms with van der Waals surface area (Å²) in [4.78, 5) is 15.9. The Bertz CT molecular complexity index is 1040. The number of H-pyrrole nitrogens is 1. The number of unbranched alkanes of at least 4 members (excludes halogenated alkanes) is 11. The quantitative estimate of drug-likeness (QED) is 0.0921. The topological polar surface area (TPSA) is 62.3 Å². The number of aliphatic hydroxyl groups is 1. The third-order valence-corrected chi connectivity index (χ3v) is 7.81. The molecule has 0 saturated carbocycles. The van der Waals surface area contributed by atoms with Crippen molar-refractivity contribution in [3.63, 3.8) is 0 Å². The lowest BCUT2D eigenvalue weighted by Gasteiger charge is -2.29. The van der Waals surface area contributed by atoms with Gasteiger partial charge in [0.1, 0.15) is 6.61 Å². The van der Waals surface area contributed by atoms with E-state index in [1.54, 1.807) is 13.8 Å². The van der Waals surface area contributed by atoms with Crippen molar-refractivity contribution in [3.8, 4) is 0 Å². The highest BCUT2D eigenvalue weighted by Gasteiger charge is 2.31. The van der Waals surface area contributed by atoms with Crippen LogP contribution >= 0.6 is 0 Å². The Morgan fingerprint density at radius 1 is 0.950 bits per heavy atom. The summed E-state index contributed by atoms with van der Waals surface area (Å²) in [6.45, 7) is 10.2. The van der Waals surface area contributed by atoms with Crippen molar-refractivity contribution in [1.82, 2.24) is 4.98 Å². The van der Waals surface area contributed by atoms with E-state index in [1.165, 1.54) is 75.3 Å². The van der Waals surface area contributed by atoms with Crippen molar-refractivity contribution in [2.24, 2.45) is 0 Å². The van der Waals surface area contributed by atoms with Gasteiger partial charge in [0.2, 0.25) is 0 Å². The normalized spacial score (nSPS) is 12.8. The molecule has 0 aliphatic heterocycles. The number of aromatic nitrogens is 1. The fraction of sp³-hybridized carbons (Fsp3) is 0.639. The van der Waals surface area contributed by atoms with Crippen molar-refractivity contribution in [2.45, 2.75) is 142 Å². The smallest absolute Gasteiger partial charge is 0.305 e. The molecule has 224 valence electrons. The molecular weight excluding hydrogens is 494 g/mol. The molecule has 1 heterocycles. The minimum atomic E-state index is -1.01. The first kappa shape index (κ1) is 33.9. The van der Waals surface area contributed by atoms with Gasteiger partial charge in [-0.3, -0.25) is 4.79 Å². The van der Waals surface area contributed by atoms with Crippen LogP contribution in [0.5, 0.6) is 0 Å². The molecule has 0 fully saturated rings. The fourth-order valence-corrected chi connectivity index (χ4v) is 5.20. The molecule has 1 aromatic heterocycles. The standard InChI is InChI=1S/C36H57NO3/c1-6-7-8-9-10-11-12-13-14-15-16-17-18-19-20-21-35(38)40-28-33(36(4,5)39)32-27-37-34-26-30(23-22-29(2)3)24-25-31(32)34/h13-14,22,24-27,33,37,39H,6-12,15-21,23,28H2,1-5H3/b14-13+/t33-/m0/s1. The number of hydrogen-bond donors (Lipinski definition) is 2. The van der Waals surface area contributed by atoms with Crippen molar-refractivity contribution >= 4 is 16.9 Å². The van der Waals surface area contributed by atoms with Crippen LogP contribution < -0.4 is 0 Å². The molecule has 0 unspecified atom stereocenters. The molecule has 0 radical (unpaired) electrons. The first-order valence-corrected chi connectivity index (χ1v) is 16.0. The second-order valence-corrected chi connectivity index (χ2v) is 12.3. The van der Waals surface area contributed by atoms with Crippen molar-refractivity contribution in [3.05, 3.63) is 59.3 Å².